The van der Waals surface area contributed by atoms with E-state index >= 15 is 0 Å². The number of para-hydroxylation sites is 1. The van der Waals surface area contributed by atoms with E-state index in [1.54, 1.807) is 69.6 Å². The van der Waals surface area contributed by atoms with Crippen molar-refractivity contribution in [3.8, 4) is 0 Å². The van der Waals surface area contributed by atoms with Crippen LogP contribution in [0.5, 0.6) is 0 Å². The van der Waals surface area contributed by atoms with Crippen molar-refractivity contribution in [2.45, 2.75) is 45.8 Å². The quantitative estimate of drug-likeness (QED) is 0.168. The van der Waals surface area contributed by atoms with Crippen LogP contribution < -0.4 is 16.0 Å². The highest BCUT2D eigenvalue weighted by molar-refractivity contribution is 7.20. The molecule has 3 aromatic heterocycles. The van der Waals surface area contributed by atoms with Crippen molar-refractivity contribution in [3.63, 3.8) is 0 Å². The van der Waals surface area contributed by atoms with E-state index in [9.17, 15) is 19.2 Å². The Morgan fingerprint density at radius 3 is 2.25 bits per heavy atom. The first-order valence-corrected chi connectivity index (χ1v) is 14.6. The van der Waals surface area contributed by atoms with Crippen molar-refractivity contribution in [2.24, 2.45) is 0 Å². The molecule has 5 rings (SSSR count). The Hall–Kier alpha value is -5.23. The number of ether oxygens (including phenoxy) is 1. The average Bonchev–Trinajstić information content (AvgIpc) is 3.71. The highest BCUT2D eigenvalue weighted by Crippen LogP contribution is 2.33. The number of anilines is 2. The van der Waals surface area contributed by atoms with Gasteiger partial charge in [-0.1, -0.05) is 42.5 Å². The van der Waals surface area contributed by atoms with Crippen LogP contribution in [0.4, 0.5) is 16.3 Å². The minimum atomic E-state index is -0.813. The molecule has 4 N–H and O–H groups in total. The molecule has 11 nitrogen and oxygen atoms in total. The van der Waals surface area contributed by atoms with E-state index in [4.69, 9.17) is 4.74 Å². The molecular formula is C32H32N6O5S. The van der Waals surface area contributed by atoms with E-state index in [-0.39, 0.29) is 23.0 Å². The van der Waals surface area contributed by atoms with Crippen molar-refractivity contribution in [1.29, 1.82) is 0 Å². The lowest BCUT2D eigenvalue weighted by Crippen LogP contribution is -2.40. The first-order chi connectivity index (χ1) is 20.8. The van der Waals surface area contributed by atoms with E-state index in [1.807, 2.05) is 44.2 Å². The topological polar surface area (TPSA) is 147 Å². The first kappa shape index (κ1) is 30.2. The Morgan fingerprint density at radius 1 is 0.864 bits per heavy atom. The standard InChI is InChI=1S/C32H32N6O5S/c1-31(2,3)43-30(42)38-29-22(17-24(44-29)28(41)36-32(4,5)20-11-7-6-8-12-20)25(37-38)35-27(40)21-13-9-10-14-23(21)34-26(39)19-15-16-33-18-19/h6-18,33H,1-5H3,(H,34,39)(H,36,41)(H,35,37,40). The molecule has 0 atom stereocenters. The molecule has 5 aromatic rings. The number of amides is 3. The Balaban J connectivity index is 1.47. The zero-order valence-electron chi connectivity index (χ0n) is 24.8. The summed E-state index contributed by atoms with van der Waals surface area (Å²) in [6.07, 6.45) is 2.40. The van der Waals surface area contributed by atoms with E-state index in [2.05, 4.69) is 26.0 Å². The molecule has 0 bridgehead atoms. The maximum absolute atomic E-state index is 13.5. The van der Waals surface area contributed by atoms with Crippen molar-refractivity contribution in [2.75, 3.05) is 10.6 Å². The molecule has 3 heterocycles. The summed E-state index contributed by atoms with van der Waals surface area (Å²) in [5, 5.41) is 13.3. The summed E-state index contributed by atoms with van der Waals surface area (Å²) in [5.74, 6) is -1.27. The van der Waals surface area contributed by atoms with Crippen molar-refractivity contribution < 1.29 is 23.9 Å². The third-order valence-corrected chi connectivity index (χ3v) is 7.69. The predicted molar refractivity (Wildman–Crippen MR) is 169 cm³/mol. The molecular weight excluding hydrogens is 580 g/mol. The lowest BCUT2D eigenvalue weighted by atomic mass is 9.94. The molecule has 0 saturated heterocycles. The maximum Gasteiger partial charge on any atom is 0.436 e. The number of rotatable bonds is 7. The van der Waals surface area contributed by atoms with Crippen LogP contribution in [0.25, 0.3) is 10.2 Å². The van der Waals surface area contributed by atoms with Crippen molar-refractivity contribution in [1.82, 2.24) is 20.1 Å². The summed E-state index contributed by atoms with van der Waals surface area (Å²) in [4.78, 5) is 56.2. The van der Waals surface area contributed by atoms with Gasteiger partial charge in [-0.3, -0.25) is 14.4 Å². The van der Waals surface area contributed by atoms with Gasteiger partial charge in [-0.05, 0) is 64.4 Å². The lowest BCUT2D eigenvalue weighted by Gasteiger charge is -2.26. The number of H-pyrrole nitrogens is 1. The second-order valence-electron chi connectivity index (χ2n) is 11.6. The second kappa shape index (κ2) is 11.8. The molecule has 226 valence electrons. The first-order valence-electron chi connectivity index (χ1n) is 13.8. The number of carbonyl (C=O) groups excluding carboxylic acids is 4. The van der Waals surface area contributed by atoms with Crippen LogP contribution in [0.3, 0.4) is 0 Å². The summed E-state index contributed by atoms with van der Waals surface area (Å²) in [5.41, 5.74) is 0.285. The summed E-state index contributed by atoms with van der Waals surface area (Å²) < 4.78 is 6.59. The van der Waals surface area contributed by atoms with E-state index < -0.39 is 29.0 Å². The molecule has 0 radical (unpaired) electrons. The third-order valence-electron chi connectivity index (χ3n) is 6.58. The van der Waals surface area contributed by atoms with Crippen molar-refractivity contribution >= 4 is 56.9 Å². The van der Waals surface area contributed by atoms with E-state index in [1.165, 1.54) is 0 Å². The molecule has 0 aliphatic heterocycles. The largest absolute Gasteiger partial charge is 0.442 e. The molecule has 0 saturated carbocycles. The fourth-order valence-electron chi connectivity index (χ4n) is 4.44. The number of nitrogens with one attached hydrogen (secondary N) is 4. The number of nitrogens with zero attached hydrogens (tertiary/aromatic N) is 2. The molecule has 0 aliphatic rings. The highest BCUT2D eigenvalue weighted by atomic mass is 32.1. The van der Waals surface area contributed by atoms with Gasteiger partial charge in [0.15, 0.2) is 5.82 Å². The van der Waals surface area contributed by atoms with Gasteiger partial charge in [0.2, 0.25) is 0 Å². The number of benzene rings is 2. The molecule has 2 aromatic carbocycles. The summed E-state index contributed by atoms with van der Waals surface area (Å²) in [7, 11) is 0. The summed E-state index contributed by atoms with van der Waals surface area (Å²) in [6.45, 7) is 8.98. The van der Waals surface area contributed by atoms with Gasteiger partial charge in [0.05, 0.1) is 32.6 Å². The monoisotopic (exact) mass is 612 g/mol. The number of hydrogen-bond donors (Lipinski definition) is 4. The highest BCUT2D eigenvalue weighted by Gasteiger charge is 2.29. The Bertz CT molecular complexity index is 1850. The van der Waals surface area contributed by atoms with E-state index in [0.717, 1.165) is 21.6 Å². The van der Waals surface area contributed by atoms with Crippen LogP contribution >= 0.6 is 11.3 Å². The average molecular weight is 613 g/mol. The van der Waals surface area contributed by atoms with Gasteiger partial charge in [-0.15, -0.1) is 16.4 Å². The van der Waals surface area contributed by atoms with E-state index in [0.29, 0.717) is 20.7 Å². The van der Waals surface area contributed by atoms with Gasteiger partial charge in [0.1, 0.15) is 10.4 Å². The number of aromatic amines is 1. The molecule has 0 spiro atoms. The molecule has 0 fully saturated rings. The van der Waals surface area contributed by atoms with Gasteiger partial charge in [-0.25, -0.2) is 4.79 Å². The zero-order valence-corrected chi connectivity index (χ0v) is 25.7. The fourth-order valence-corrected chi connectivity index (χ4v) is 5.43. The smallest absolute Gasteiger partial charge is 0.436 e. The van der Waals surface area contributed by atoms with Gasteiger partial charge >= 0.3 is 6.09 Å². The van der Waals surface area contributed by atoms with Crippen LogP contribution in [-0.4, -0.2) is 44.2 Å². The fraction of sp³-hybridized carbons (Fsp3) is 0.219. The lowest BCUT2D eigenvalue weighted by molar-refractivity contribution is 0.0523. The minimum absolute atomic E-state index is 0.0558. The maximum atomic E-state index is 13.5. The summed E-state index contributed by atoms with van der Waals surface area (Å²) in [6, 6.07) is 19.3. The van der Waals surface area contributed by atoms with Gasteiger partial charge < -0.3 is 25.7 Å². The van der Waals surface area contributed by atoms with Crippen LogP contribution in [-0.2, 0) is 10.3 Å². The summed E-state index contributed by atoms with van der Waals surface area (Å²) >= 11 is 1.05. The van der Waals surface area contributed by atoms with Crippen molar-refractivity contribution in [3.05, 3.63) is 101 Å². The SMILES string of the molecule is CC(C)(C)OC(=O)n1nc(NC(=O)c2ccccc2NC(=O)c2cc[nH]c2)c2cc(C(=O)NC(C)(C)c3ccccc3)sc21. The van der Waals surface area contributed by atoms with Crippen LogP contribution in [0, 0.1) is 0 Å². The molecule has 0 aliphatic carbocycles. The second-order valence-corrected chi connectivity index (χ2v) is 12.6. The number of carbonyl (C=O) groups is 4. The van der Waals surface area contributed by atoms with Crippen LogP contribution in [0.15, 0.2) is 79.1 Å². The minimum Gasteiger partial charge on any atom is -0.442 e. The Morgan fingerprint density at radius 2 is 1.57 bits per heavy atom. The van der Waals surface area contributed by atoms with Gasteiger partial charge in [0, 0.05) is 12.4 Å². The molecule has 12 heteroatoms. The molecule has 44 heavy (non-hydrogen) atoms. The number of aromatic nitrogens is 3. The van der Waals surface area contributed by atoms with Gasteiger partial charge in [0.25, 0.3) is 17.7 Å². The number of hydrogen-bond acceptors (Lipinski definition) is 7. The normalized spacial score (nSPS) is 11.7. The third kappa shape index (κ3) is 6.55. The molecule has 0 unspecified atom stereocenters. The molecule has 3 amide bonds. The predicted octanol–water partition coefficient (Wildman–Crippen LogP) is 6.38. The van der Waals surface area contributed by atoms with Crippen LogP contribution in [0.2, 0.25) is 0 Å². The zero-order chi connectivity index (χ0) is 31.6. The Kier molecular flexibility index (Phi) is 8.11. The number of fused-ring (bicyclic) bond motifs is 1. The van der Waals surface area contributed by atoms with Crippen LogP contribution in [0.1, 0.15) is 70.6 Å². The Labute approximate surface area is 257 Å². The number of thiophene rings is 1. The van der Waals surface area contributed by atoms with Gasteiger partial charge in [-0.2, -0.15) is 4.68 Å².